The van der Waals surface area contributed by atoms with Crippen LogP contribution < -0.4 is 5.32 Å². The molecule has 2 amide bonds. The normalized spacial score (nSPS) is 20.0. The van der Waals surface area contributed by atoms with Gasteiger partial charge in [-0.3, -0.25) is 9.69 Å². The molecule has 0 saturated carbocycles. The number of rotatable bonds is 3. The number of halogens is 2. The standard InChI is InChI=1S/C17H20ClFN2O5/c1-17(2,3)26-16(25)21-8-11(19)7-13(21)14(22)20-12-5-9(15(23)24)4-10(18)6-12/h4-6,11,13H,7-8H2,1-3H3,(H,20,22)(H,23,24)/t11-,13+/m1/s1. The number of ether oxygens (including phenoxy) is 1. The molecular weight excluding hydrogens is 367 g/mol. The van der Waals surface area contributed by atoms with Crippen LogP contribution in [0, 0.1) is 0 Å². The van der Waals surface area contributed by atoms with Crippen molar-refractivity contribution in [2.75, 3.05) is 11.9 Å². The smallest absolute Gasteiger partial charge is 0.411 e. The van der Waals surface area contributed by atoms with E-state index in [4.69, 9.17) is 21.4 Å². The Hall–Kier alpha value is -2.35. The summed E-state index contributed by atoms with van der Waals surface area (Å²) in [4.78, 5) is 36.9. The number of alkyl halides is 1. The fourth-order valence-corrected chi connectivity index (χ4v) is 2.80. The maximum atomic E-state index is 13.8. The van der Waals surface area contributed by atoms with Crippen LogP contribution in [0.5, 0.6) is 0 Å². The van der Waals surface area contributed by atoms with Gasteiger partial charge in [0.15, 0.2) is 0 Å². The summed E-state index contributed by atoms with van der Waals surface area (Å²) in [5.74, 6) is -1.85. The van der Waals surface area contributed by atoms with Crippen LogP contribution in [0.3, 0.4) is 0 Å². The van der Waals surface area contributed by atoms with Crippen LogP contribution in [0.4, 0.5) is 14.9 Å². The topological polar surface area (TPSA) is 95.9 Å². The largest absolute Gasteiger partial charge is 0.478 e. The van der Waals surface area contributed by atoms with Crippen molar-refractivity contribution in [3.05, 3.63) is 28.8 Å². The Balaban J connectivity index is 2.17. The summed E-state index contributed by atoms with van der Waals surface area (Å²) in [5, 5.41) is 11.7. The van der Waals surface area contributed by atoms with Gasteiger partial charge >= 0.3 is 12.1 Å². The average molecular weight is 387 g/mol. The minimum atomic E-state index is -1.35. The minimum absolute atomic E-state index is 0.105. The number of likely N-dealkylation sites (tertiary alicyclic amines) is 1. The summed E-state index contributed by atoms with van der Waals surface area (Å²) in [6.45, 7) is 4.76. The van der Waals surface area contributed by atoms with E-state index in [1.54, 1.807) is 20.8 Å². The molecule has 9 heteroatoms. The number of aromatic carboxylic acids is 1. The molecule has 1 aromatic rings. The molecule has 2 rings (SSSR count). The summed E-state index contributed by atoms with van der Waals surface area (Å²) in [5.41, 5.74) is -0.742. The second kappa shape index (κ2) is 7.49. The molecule has 1 fully saturated rings. The van der Waals surface area contributed by atoms with Crippen LogP contribution in [-0.2, 0) is 9.53 Å². The molecule has 2 N–H and O–H groups in total. The van der Waals surface area contributed by atoms with Gasteiger partial charge in [-0.25, -0.2) is 14.0 Å². The first kappa shape index (κ1) is 20.0. The first-order valence-corrected chi connectivity index (χ1v) is 8.32. The van der Waals surface area contributed by atoms with Crippen molar-refractivity contribution in [2.24, 2.45) is 0 Å². The van der Waals surface area contributed by atoms with Gasteiger partial charge in [0.1, 0.15) is 17.8 Å². The first-order chi connectivity index (χ1) is 12.0. The minimum Gasteiger partial charge on any atom is -0.478 e. The van der Waals surface area contributed by atoms with Gasteiger partial charge in [0.05, 0.1) is 12.1 Å². The lowest BCUT2D eigenvalue weighted by atomic mass is 10.1. The van der Waals surface area contributed by atoms with Crippen LogP contribution in [0.1, 0.15) is 37.6 Å². The van der Waals surface area contributed by atoms with Gasteiger partial charge in [0.25, 0.3) is 0 Å². The van der Waals surface area contributed by atoms with Crippen LogP contribution in [0.15, 0.2) is 18.2 Å². The molecule has 0 radical (unpaired) electrons. The number of carbonyl (C=O) groups excluding carboxylic acids is 2. The molecule has 1 heterocycles. The third-order valence-corrected chi connectivity index (χ3v) is 3.81. The zero-order valence-corrected chi connectivity index (χ0v) is 15.3. The number of benzene rings is 1. The molecule has 0 unspecified atom stereocenters. The number of amides is 2. The molecule has 7 nitrogen and oxygen atoms in total. The van der Waals surface area contributed by atoms with Crippen LogP contribution in [-0.4, -0.2) is 52.3 Å². The molecule has 1 aliphatic heterocycles. The molecule has 0 bridgehead atoms. The van der Waals surface area contributed by atoms with Gasteiger partial charge in [0.2, 0.25) is 5.91 Å². The summed E-state index contributed by atoms with van der Waals surface area (Å²) in [6, 6.07) is 2.77. The second-order valence-corrected chi connectivity index (χ2v) is 7.44. The van der Waals surface area contributed by atoms with Crippen molar-refractivity contribution in [1.29, 1.82) is 0 Å². The molecule has 26 heavy (non-hydrogen) atoms. The van der Waals surface area contributed by atoms with Crippen molar-refractivity contribution in [1.82, 2.24) is 4.90 Å². The van der Waals surface area contributed by atoms with Crippen molar-refractivity contribution >= 4 is 35.3 Å². The SMILES string of the molecule is CC(C)(C)OC(=O)N1C[C@H](F)C[C@H]1C(=O)Nc1cc(Cl)cc(C(=O)O)c1. The molecule has 1 aliphatic rings. The third-order valence-electron chi connectivity index (χ3n) is 3.59. The number of hydrogen-bond donors (Lipinski definition) is 2. The van der Waals surface area contributed by atoms with E-state index in [1.807, 2.05) is 0 Å². The molecule has 0 aliphatic carbocycles. The summed E-state index contributed by atoms with van der Waals surface area (Å²) >= 11 is 5.85. The van der Waals surface area contributed by atoms with Gasteiger partial charge in [-0.2, -0.15) is 0 Å². The predicted molar refractivity (Wildman–Crippen MR) is 93.3 cm³/mol. The van der Waals surface area contributed by atoms with Crippen molar-refractivity contribution in [3.63, 3.8) is 0 Å². The van der Waals surface area contributed by atoms with Crippen molar-refractivity contribution < 1.29 is 28.6 Å². The Bertz CT molecular complexity index is 734. The molecule has 0 aromatic heterocycles. The maximum absolute atomic E-state index is 13.8. The Morgan fingerprint density at radius 2 is 1.96 bits per heavy atom. The quantitative estimate of drug-likeness (QED) is 0.830. The van der Waals surface area contributed by atoms with E-state index in [-0.39, 0.29) is 29.2 Å². The molecule has 1 saturated heterocycles. The highest BCUT2D eigenvalue weighted by atomic mass is 35.5. The van der Waals surface area contributed by atoms with Gasteiger partial charge in [-0.05, 0) is 39.0 Å². The van der Waals surface area contributed by atoms with Gasteiger partial charge in [0, 0.05) is 17.1 Å². The molecule has 1 aromatic carbocycles. The lowest BCUT2D eigenvalue weighted by molar-refractivity contribution is -0.120. The Morgan fingerprint density at radius 1 is 1.31 bits per heavy atom. The highest BCUT2D eigenvalue weighted by molar-refractivity contribution is 6.31. The average Bonchev–Trinajstić information content (AvgIpc) is 2.87. The summed E-state index contributed by atoms with van der Waals surface area (Å²) < 4.78 is 19.0. The summed E-state index contributed by atoms with van der Waals surface area (Å²) in [6.07, 6.45) is -2.31. The predicted octanol–water partition coefficient (Wildman–Crippen LogP) is 3.32. The molecule has 142 valence electrons. The lowest BCUT2D eigenvalue weighted by Crippen LogP contribution is -2.45. The van der Waals surface area contributed by atoms with E-state index in [9.17, 15) is 18.8 Å². The first-order valence-electron chi connectivity index (χ1n) is 7.94. The van der Waals surface area contributed by atoms with Crippen molar-refractivity contribution in [3.8, 4) is 0 Å². The number of carboxylic acids is 1. The fraction of sp³-hybridized carbons (Fsp3) is 0.471. The monoisotopic (exact) mass is 386 g/mol. The highest BCUT2D eigenvalue weighted by Crippen LogP contribution is 2.25. The van der Waals surface area contributed by atoms with Gasteiger partial charge in [-0.15, -0.1) is 0 Å². The van der Waals surface area contributed by atoms with Crippen LogP contribution >= 0.6 is 11.6 Å². The van der Waals surface area contributed by atoms with Crippen molar-refractivity contribution in [2.45, 2.75) is 45.0 Å². The van der Waals surface area contributed by atoms with E-state index in [2.05, 4.69) is 5.32 Å². The van der Waals surface area contributed by atoms with E-state index in [0.717, 1.165) is 4.90 Å². The number of hydrogen-bond acceptors (Lipinski definition) is 4. The zero-order valence-electron chi connectivity index (χ0n) is 14.6. The summed E-state index contributed by atoms with van der Waals surface area (Å²) in [7, 11) is 0. The Labute approximate surface area is 155 Å². The van der Waals surface area contributed by atoms with Gasteiger partial charge < -0.3 is 15.2 Å². The number of anilines is 1. The van der Waals surface area contributed by atoms with E-state index < -0.39 is 35.8 Å². The fourth-order valence-electron chi connectivity index (χ4n) is 2.57. The lowest BCUT2D eigenvalue weighted by Gasteiger charge is -2.27. The van der Waals surface area contributed by atoms with E-state index >= 15 is 0 Å². The van der Waals surface area contributed by atoms with Gasteiger partial charge in [-0.1, -0.05) is 11.6 Å². The number of nitrogens with one attached hydrogen (secondary N) is 1. The number of carboxylic acid groups (broad SMARTS) is 1. The molecule has 2 atom stereocenters. The third kappa shape index (κ3) is 5.08. The highest BCUT2D eigenvalue weighted by Gasteiger charge is 2.41. The van der Waals surface area contributed by atoms with E-state index in [0.29, 0.717) is 0 Å². The van der Waals surface area contributed by atoms with Crippen LogP contribution in [0.2, 0.25) is 5.02 Å². The Morgan fingerprint density at radius 3 is 2.54 bits per heavy atom. The van der Waals surface area contributed by atoms with Crippen LogP contribution in [0.25, 0.3) is 0 Å². The Kier molecular flexibility index (Phi) is 5.75. The molecular formula is C17H20ClFN2O5. The zero-order chi connectivity index (χ0) is 19.6. The maximum Gasteiger partial charge on any atom is 0.411 e. The van der Waals surface area contributed by atoms with E-state index in [1.165, 1.54) is 18.2 Å². The number of carbonyl (C=O) groups is 3. The number of nitrogens with zero attached hydrogens (tertiary/aromatic N) is 1. The second-order valence-electron chi connectivity index (χ2n) is 7.00. The molecule has 0 spiro atoms.